The smallest absolute Gasteiger partial charge is 0.407 e. The molecule has 2 aromatic carbocycles. The Bertz CT molecular complexity index is 983. The summed E-state index contributed by atoms with van der Waals surface area (Å²) in [5.41, 5.74) is 4.25. The average Bonchev–Trinajstić information content (AvgIpc) is 3.09. The number of hydrogen-bond donors (Lipinski definition) is 4. The molecule has 1 unspecified atom stereocenters. The molecular formula is C23H22N2O6. The quantitative estimate of drug-likeness (QED) is 0.478. The third kappa shape index (κ3) is 4.85. The van der Waals surface area contributed by atoms with Gasteiger partial charge in [0.05, 0.1) is 6.61 Å². The summed E-state index contributed by atoms with van der Waals surface area (Å²) in [6, 6.07) is 13.0. The summed E-state index contributed by atoms with van der Waals surface area (Å²) in [5.74, 6) is -0.125. The zero-order valence-electron chi connectivity index (χ0n) is 16.6. The lowest BCUT2D eigenvalue weighted by Crippen LogP contribution is -2.52. The number of rotatable bonds is 8. The zero-order valence-corrected chi connectivity index (χ0v) is 16.6. The summed E-state index contributed by atoms with van der Waals surface area (Å²) in [6.45, 7) is -0.743. The number of benzene rings is 2. The van der Waals surface area contributed by atoms with Gasteiger partial charge in [-0.25, -0.2) is 9.59 Å². The average molecular weight is 422 g/mol. The number of nitrogens with one attached hydrogen (secondary N) is 2. The molecule has 4 N–H and O–H groups in total. The van der Waals surface area contributed by atoms with Gasteiger partial charge in [-0.3, -0.25) is 4.79 Å². The van der Waals surface area contributed by atoms with Crippen molar-refractivity contribution >= 4 is 18.0 Å². The molecule has 0 saturated heterocycles. The number of terminal acetylenes is 1. The summed E-state index contributed by atoms with van der Waals surface area (Å²) in [7, 11) is 0. The fourth-order valence-corrected chi connectivity index (χ4v) is 3.57. The van der Waals surface area contributed by atoms with E-state index in [1.807, 2.05) is 48.5 Å². The highest BCUT2D eigenvalue weighted by Gasteiger charge is 2.30. The second kappa shape index (κ2) is 9.78. The Hall–Kier alpha value is -3.83. The lowest BCUT2D eigenvalue weighted by molar-refractivity contribution is -0.143. The first-order valence-corrected chi connectivity index (χ1v) is 9.65. The van der Waals surface area contributed by atoms with Gasteiger partial charge < -0.3 is 25.6 Å². The summed E-state index contributed by atoms with van der Waals surface area (Å²) in [6.07, 6.45) is 4.23. The first kappa shape index (κ1) is 21.9. The summed E-state index contributed by atoms with van der Waals surface area (Å²) >= 11 is 0. The predicted octanol–water partition coefficient (Wildman–Crippen LogP) is 1.48. The fourth-order valence-electron chi connectivity index (χ4n) is 3.57. The highest BCUT2D eigenvalue weighted by molar-refractivity contribution is 5.89. The highest BCUT2D eigenvalue weighted by Crippen LogP contribution is 2.44. The lowest BCUT2D eigenvalue weighted by Gasteiger charge is -2.20. The van der Waals surface area contributed by atoms with Crippen LogP contribution in [0.25, 0.3) is 11.1 Å². The number of aliphatic hydroxyl groups excluding tert-OH is 1. The van der Waals surface area contributed by atoms with Crippen molar-refractivity contribution in [1.82, 2.24) is 10.6 Å². The van der Waals surface area contributed by atoms with Crippen LogP contribution in [-0.4, -0.2) is 53.5 Å². The van der Waals surface area contributed by atoms with E-state index in [-0.39, 0.29) is 18.9 Å². The summed E-state index contributed by atoms with van der Waals surface area (Å²) < 4.78 is 5.38. The van der Waals surface area contributed by atoms with Gasteiger partial charge in [0.1, 0.15) is 18.7 Å². The Kier molecular flexibility index (Phi) is 6.90. The van der Waals surface area contributed by atoms with Crippen LogP contribution in [0.15, 0.2) is 48.5 Å². The molecule has 31 heavy (non-hydrogen) atoms. The number of aliphatic hydroxyl groups is 1. The van der Waals surface area contributed by atoms with E-state index in [1.54, 1.807) is 0 Å². The highest BCUT2D eigenvalue weighted by atomic mass is 16.5. The fraction of sp³-hybridized carbons (Fsp3) is 0.261. The molecule has 0 aliphatic heterocycles. The van der Waals surface area contributed by atoms with E-state index < -0.39 is 36.7 Å². The number of hydrogen-bond acceptors (Lipinski definition) is 5. The Morgan fingerprint density at radius 3 is 2.10 bits per heavy atom. The van der Waals surface area contributed by atoms with E-state index >= 15 is 0 Å². The van der Waals surface area contributed by atoms with Crippen LogP contribution in [0.5, 0.6) is 0 Å². The SMILES string of the molecule is C#CCC(NC(=O)OCC1c2ccccc2-c2ccccc21)C(=O)N[C@@H](CO)C(=O)O. The first-order valence-electron chi connectivity index (χ1n) is 9.65. The Morgan fingerprint density at radius 1 is 1.00 bits per heavy atom. The second-order valence-corrected chi connectivity index (χ2v) is 7.01. The van der Waals surface area contributed by atoms with Gasteiger partial charge in [0.25, 0.3) is 0 Å². The molecule has 0 fully saturated rings. The minimum absolute atomic E-state index is 0.0542. The molecule has 8 heteroatoms. The van der Waals surface area contributed by atoms with Gasteiger partial charge in [-0.05, 0) is 22.3 Å². The second-order valence-electron chi connectivity index (χ2n) is 7.01. The minimum atomic E-state index is -1.50. The molecule has 0 spiro atoms. The predicted molar refractivity (Wildman–Crippen MR) is 112 cm³/mol. The third-order valence-electron chi connectivity index (χ3n) is 5.07. The van der Waals surface area contributed by atoms with Gasteiger partial charge in [-0.1, -0.05) is 48.5 Å². The monoisotopic (exact) mass is 422 g/mol. The van der Waals surface area contributed by atoms with Crippen molar-refractivity contribution in [2.75, 3.05) is 13.2 Å². The first-order chi connectivity index (χ1) is 15.0. The topological polar surface area (TPSA) is 125 Å². The van der Waals surface area contributed by atoms with Crippen molar-refractivity contribution in [3.63, 3.8) is 0 Å². The Balaban J connectivity index is 1.65. The summed E-state index contributed by atoms with van der Waals surface area (Å²) in [5, 5.41) is 22.5. The van der Waals surface area contributed by atoms with Crippen molar-refractivity contribution < 1.29 is 29.3 Å². The van der Waals surface area contributed by atoms with Crippen molar-refractivity contribution in [3.8, 4) is 23.5 Å². The van der Waals surface area contributed by atoms with Crippen LogP contribution in [0.2, 0.25) is 0 Å². The van der Waals surface area contributed by atoms with E-state index in [2.05, 4.69) is 16.6 Å². The molecule has 160 valence electrons. The van der Waals surface area contributed by atoms with E-state index in [0.717, 1.165) is 22.3 Å². The summed E-state index contributed by atoms with van der Waals surface area (Å²) in [4.78, 5) is 35.6. The van der Waals surface area contributed by atoms with E-state index in [0.29, 0.717) is 0 Å². The molecule has 2 amide bonds. The van der Waals surface area contributed by atoms with Gasteiger partial charge in [0.15, 0.2) is 0 Å². The van der Waals surface area contributed by atoms with Crippen LogP contribution in [0.4, 0.5) is 4.79 Å². The largest absolute Gasteiger partial charge is 0.480 e. The van der Waals surface area contributed by atoms with E-state index in [4.69, 9.17) is 21.4 Å². The Labute approximate surface area is 179 Å². The zero-order chi connectivity index (χ0) is 22.4. The van der Waals surface area contributed by atoms with Gasteiger partial charge >= 0.3 is 12.1 Å². The number of carbonyl (C=O) groups excluding carboxylic acids is 2. The lowest BCUT2D eigenvalue weighted by atomic mass is 9.98. The van der Waals surface area contributed by atoms with Crippen molar-refractivity contribution in [1.29, 1.82) is 0 Å². The maximum absolute atomic E-state index is 12.4. The van der Waals surface area contributed by atoms with Crippen LogP contribution in [0, 0.1) is 12.3 Å². The number of amides is 2. The normalized spacial score (nSPS) is 13.8. The number of carbonyl (C=O) groups is 3. The maximum atomic E-state index is 12.4. The van der Waals surface area contributed by atoms with E-state index in [9.17, 15) is 14.4 Å². The molecule has 1 aliphatic rings. The molecule has 2 atom stereocenters. The van der Waals surface area contributed by atoms with Gasteiger partial charge in [-0.15, -0.1) is 12.3 Å². The van der Waals surface area contributed by atoms with Crippen LogP contribution in [-0.2, 0) is 14.3 Å². The van der Waals surface area contributed by atoms with Gasteiger partial charge in [0, 0.05) is 12.3 Å². The molecule has 3 rings (SSSR count). The van der Waals surface area contributed by atoms with Gasteiger partial charge in [0.2, 0.25) is 5.91 Å². The number of carboxylic acid groups (broad SMARTS) is 1. The van der Waals surface area contributed by atoms with Crippen LogP contribution in [0.3, 0.4) is 0 Å². The maximum Gasteiger partial charge on any atom is 0.407 e. The van der Waals surface area contributed by atoms with Crippen LogP contribution >= 0.6 is 0 Å². The molecule has 0 saturated carbocycles. The van der Waals surface area contributed by atoms with Gasteiger partial charge in [-0.2, -0.15) is 0 Å². The molecule has 0 radical (unpaired) electrons. The van der Waals surface area contributed by atoms with Crippen molar-refractivity contribution in [3.05, 3.63) is 59.7 Å². The number of aliphatic carboxylic acids is 1. The number of carboxylic acids is 1. The number of fused-ring (bicyclic) bond motifs is 3. The van der Waals surface area contributed by atoms with Crippen LogP contribution < -0.4 is 10.6 Å². The third-order valence-corrected chi connectivity index (χ3v) is 5.07. The molecule has 0 bridgehead atoms. The molecule has 1 aliphatic carbocycles. The van der Waals surface area contributed by atoms with Crippen molar-refractivity contribution in [2.45, 2.75) is 24.4 Å². The molecule has 0 heterocycles. The molecule has 0 aromatic heterocycles. The molecule has 8 nitrogen and oxygen atoms in total. The minimum Gasteiger partial charge on any atom is -0.480 e. The van der Waals surface area contributed by atoms with Crippen molar-refractivity contribution in [2.24, 2.45) is 0 Å². The van der Waals surface area contributed by atoms with E-state index in [1.165, 1.54) is 0 Å². The van der Waals surface area contributed by atoms with Crippen LogP contribution in [0.1, 0.15) is 23.5 Å². The number of alkyl carbamates (subject to hydrolysis) is 1. The number of ether oxygens (including phenoxy) is 1. The standard InChI is InChI=1S/C23H22N2O6/c1-2-7-19(21(27)24-20(12-26)22(28)29)25-23(30)31-13-18-16-10-5-3-8-14(16)15-9-4-6-11-17(15)18/h1,3-6,8-11,18-20,26H,7,12-13H2,(H,24,27)(H,25,30)(H,28,29)/t19?,20-/m0/s1. The Morgan fingerprint density at radius 2 is 1.58 bits per heavy atom. The molecule has 2 aromatic rings. The molecular weight excluding hydrogens is 400 g/mol.